The number of hydrogen-bond acceptors (Lipinski definition) is 4. The van der Waals surface area contributed by atoms with Gasteiger partial charge in [0.1, 0.15) is 0 Å². The van der Waals surface area contributed by atoms with Gasteiger partial charge >= 0.3 is 0 Å². The van der Waals surface area contributed by atoms with Crippen molar-refractivity contribution in [2.24, 2.45) is 5.92 Å². The number of rotatable bonds is 2. The van der Waals surface area contributed by atoms with E-state index in [1.165, 1.54) is 12.8 Å². The normalized spacial score (nSPS) is 17.6. The van der Waals surface area contributed by atoms with Crippen LogP contribution in [0.2, 0.25) is 0 Å². The summed E-state index contributed by atoms with van der Waals surface area (Å²) in [6.45, 7) is 0.879. The molecule has 1 aromatic rings. The van der Waals surface area contributed by atoms with Crippen LogP contribution in [-0.2, 0) is 6.54 Å². The lowest BCUT2D eigenvalue weighted by molar-refractivity contribution is 0.486. The summed E-state index contributed by atoms with van der Waals surface area (Å²) in [5.74, 6) is 1.04. The summed E-state index contributed by atoms with van der Waals surface area (Å²) in [5.41, 5.74) is 5.27. The van der Waals surface area contributed by atoms with Crippen LogP contribution >= 0.6 is 0 Å². The molecule has 0 spiro atoms. The van der Waals surface area contributed by atoms with Crippen molar-refractivity contribution >= 4 is 5.95 Å². The van der Waals surface area contributed by atoms with Crippen LogP contribution in [0.3, 0.4) is 0 Å². The minimum atomic E-state index is 0.264. The second kappa shape index (κ2) is 1.93. The highest BCUT2D eigenvalue weighted by molar-refractivity contribution is 5.06. The number of aromatic nitrogens is 4. The van der Waals surface area contributed by atoms with Crippen LogP contribution in [0.15, 0.2) is 0 Å². The molecule has 2 rings (SSSR count). The van der Waals surface area contributed by atoms with E-state index in [2.05, 4.69) is 15.4 Å². The molecule has 1 aromatic heterocycles. The van der Waals surface area contributed by atoms with Crippen LogP contribution in [0.1, 0.15) is 12.8 Å². The average Bonchev–Trinajstić information content (AvgIpc) is 2.59. The minimum absolute atomic E-state index is 0.264. The first-order chi connectivity index (χ1) is 4.84. The van der Waals surface area contributed by atoms with Gasteiger partial charge in [0.2, 0.25) is 0 Å². The molecule has 0 saturated heterocycles. The first-order valence-corrected chi connectivity index (χ1v) is 3.38. The lowest BCUT2D eigenvalue weighted by Crippen LogP contribution is -2.04. The molecule has 0 aliphatic heterocycles. The molecule has 1 fully saturated rings. The molecule has 5 heteroatoms. The lowest BCUT2D eigenvalue weighted by Gasteiger charge is -1.91. The quantitative estimate of drug-likeness (QED) is 0.608. The van der Waals surface area contributed by atoms with Crippen molar-refractivity contribution in [2.45, 2.75) is 19.4 Å². The SMILES string of the molecule is Nc1nnn(CC2CC2)n1. The van der Waals surface area contributed by atoms with Crippen molar-refractivity contribution < 1.29 is 0 Å². The largest absolute Gasteiger partial charge is 0.365 e. The summed E-state index contributed by atoms with van der Waals surface area (Å²) in [6.07, 6.45) is 2.59. The van der Waals surface area contributed by atoms with Crippen molar-refractivity contribution in [1.29, 1.82) is 0 Å². The molecule has 1 aliphatic carbocycles. The van der Waals surface area contributed by atoms with Gasteiger partial charge in [-0.05, 0) is 24.0 Å². The predicted molar refractivity (Wildman–Crippen MR) is 35.0 cm³/mol. The van der Waals surface area contributed by atoms with Crippen molar-refractivity contribution in [3.05, 3.63) is 0 Å². The van der Waals surface area contributed by atoms with Crippen LogP contribution in [0, 0.1) is 5.92 Å². The van der Waals surface area contributed by atoms with Gasteiger partial charge in [-0.3, -0.25) is 0 Å². The zero-order valence-electron chi connectivity index (χ0n) is 5.56. The van der Waals surface area contributed by atoms with Gasteiger partial charge in [-0.25, -0.2) is 0 Å². The van der Waals surface area contributed by atoms with E-state index in [9.17, 15) is 0 Å². The number of hydrogen-bond donors (Lipinski definition) is 1. The molecule has 1 heterocycles. The Balaban J connectivity index is 2.03. The zero-order valence-corrected chi connectivity index (χ0v) is 5.56. The van der Waals surface area contributed by atoms with Crippen LogP contribution in [-0.4, -0.2) is 20.2 Å². The Bertz CT molecular complexity index is 226. The van der Waals surface area contributed by atoms with Crippen LogP contribution in [0.4, 0.5) is 5.95 Å². The predicted octanol–water partition coefficient (Wildman–Crippen LogP) is -0.335. The maximum absolute atomic E-state index is 5.27. The van der Waals surface area contributed by atoms with E-state index in [0.29, 0.717) is 0 Å². The fourth-order valence-electron chi connectivity index (χ4n) is 0.864. The monoisotopic (exact) mass is 139 g/mol. The van der Waals surface area contributed by atoms with E-state index < -0.39 is 0 Å². The second-order valence-corrected chi connectivity index (χ2v) is 2.65. The highest BCUT2D eigenvalue weighted by Gasteiger charge is 2.22. The molecule has 2 N–H and O–H groups in total. The van der Waals surface area contributed by atoms with Gasteiger partial charge in [-0.15, -0.1) is 5.10 Å². The number of nitrogens with zero attached hydrogens (tertiary/aromatic N) is 4. The van der Waals surface area contributed by atoms with Crippen molar-refractivity contribution in [1.82, 2.24) is 20.2 Å². The third-order valence-corrected chi connectivity index (χ3v) is 1.59. The van der Waals surface area contributed by atoms with Gasteiger partial charge in [-0.2, -0.15) is 4.80 Å². The Morgan fingerprint density at radius 2 is 2.40 bits per heavy atom. The second-order valence-electron chi connectivity index (χ2n) is 2.65. The Morgan fingerprint density at radius 3 is 2.90 bits per heavy atom. The van der Waals surface area contributed by atoms with E-state index in [1.807, 2.05) is 0 Å². The molecule has 0 radical (unpaired) electrons. The van der Waals surface area contributed by atoms with Crippen molar-refractivity contribution in [2.75, 3.05) is 5.73 Å². The first-order valence-electron chi connectivity index (χ1n) is 3.38. The summed E-state index contributed by atoms with van der Waals surface area (Å²) >= 11 is 0. The van der Waals surface area contributed by atoms with E-state index in [-0.39, 0.29) is 5.95 Å². The maximum Gasteiger partial charge on any atom is 0.260 e. The van der Waals surface area contributed by atoms with Gasteiger partial charge in [0.15, 0.2) is 0 Å². The number of nitrogens with two attached hydrogens (primary N) is 1. The average molecular weight is 139 g/mol. The smallest absolute Gasteiger partial charge is 0.260 e. The molecule has 0 bridgehead atoms. The standard InChI is InChI=1S/C5H9N5/c6-5-7-9-10(8-5)3-4-1-2-4/h4H,1-3H2,(H2,6,8). The molecule has 0 unspecified atom stereocenters. The van der Waals surface area contributed by atoms with Crippen LogP contribution < -0.4 is 5.73 Å². The third kappa shape index (κ3) is 1.07. The third-order valence-electron chi connectivity index (χ3n) is 1.59. The molecule has 0 amide bonds. The molecular weight excluding hydrogens is 130 g/mol. The fraction of sp³-hybridized carbons (Fsp3) is 0.800. The van der Waals surface area contributed by atoms with Gasteiger partial charge < -0.3 is 5.73 Å². The lowest BCUT2D eigenvalue weighted by atomic mass is 10.4. The van der Waals surface area contributed by atoms with Gasteiger partial charge in [0.25, 0.3) is 5.95 Å². The fourth-order valence-corrected chi connectivity index (χ4v) is 0.864. The molecule has 5 nitrogen and oxygen atoms in total. The number of anilines is 1. The Labute approximate surface area is 58.2 Å². The summed E-state index contributed by atoms with van der Waals surface area (Å²) in [7, 11) is 0. The van der Waals surface area contributed by atoms with Crippen molar-refractivity contribution in [3.63, 3.8) is 0 Å². The summed E-state index contributed by atoms with van der Waals surface area (Å²) in [6, 6.07) is 0. The molecule has 1 aliphatic rings. The van der Waals surface area contributed by atoms with Gasteiger partial charge in [-0.1, -0.05) is 5.10 Å². The van der Waals surface area contributed by atoms with E-state index in [1.54, 1.807) is 4.80 Å². The summed E-state index contributed by atoms with van der Waals surface area (Å²) in [4.78, 5) is 1.56. The highest BCUT2D eigenvalue weighted by Crippen LogP contribution is 2.29. The topological polar surface area (TPSA) is 69.6 Å². The Morgan fingerprint density at radius 1 is 1.60 bits per heavy atom. The molecule has 0 aromatic carbocycles. The minimum Gasteiger partial charge on any atom is -0.365 e. The molecule has 54 valence electrons. The Hall–Kier alpha value is -1.13. The van der Waals surface area contributed by atoms with Crippen LogP contribution in [0.25, 0.3) is 0 Å². The van der Waals surface area contributed by atoms with Gasteiger partial charge in [0, 0.05) is 0 Å². The van der Waals surface area contributed by atoms with Crippen molar-refractivity contribution in [3.8, 4) is 0 Å². The highest BCUT2D eigenvalue weighted by atomic mass is 15.6. The van der Waals surface area contributed by atoms with Crippen LogP contribution in [0.5, 0.6) is 0 Å². The van der Waals surface area contributed by atoms with Gasteiger partial charge in [0.05, 0.1) is 6.54 Å². The molecule has 0 atom stereocenters. The first kappa shape index (κ1) is 5.64. The maximum atomic E-state index is 5.27. The molecule has 1 saturated carbocycles. The molecule has 10 heavy (non-hydrogen) atoms. The number of nitrogen functional groups attached to an aromatic ring is 1. The summed E-state index contributed by atoms with van der Waals surface area (Å²) < 4.78 is 0. The Kier molecular flexibility index (Phi) is 1.09. The van der Waals surface area contributed by atoms with E-state index in [0.717, 1.165) is 12.5 Å². The number of tetrazole rings is 1. The van der Waals surface area contributed by atoms with E-state index >= 15 is 0 Å². The summed E-state index contributed by atoms with van der Waals surface area (Å²) in [5, 5.41) is 11.2. The zero-order chi connectivity index (χ0) is 6.97. The van der Waals surface area contributed by atoms with E-state index in [4.69, 9.17) is 5.73 Å². The molecular formula is C5H9N5.